The molecule has 3 nitrogen and oxygen atoms in total. The van der Waals surface area contributed by atoms with Crippen LogP contribution in [-0.2, 0) is 0 Å². The van der Waals surface area contributed by atoms with Gasteiger partial charge in [-0.3, -0.25) is 4.79 Å². The molecule has 0 aliphatic rings. The molecule has 0 aliphatic heterocycles. The first kappa shape index (κ1) is 14.1. The van der Waals surface area contributed by atoms with E-state index in [4.69, 9.17) is 10.5 Å². The highest BCUT2D eigenvalue weighted by molar-refractivity contribution is 5.99. The minimum absolute atomic E-state index is 0.0509. The summed E-state index contributed by atoms with van der Waals surface area (Å²) >= 11 is 0. The van der Waals surface area contributed by atoms with Gasteiger partial charge in [0.05, 0.1) is 5.69 Å². The molecule has 2 rings (SSSR count). The van der Waals surface area contributed by atoms with Gasteiger partial charge in [-0.1, -0.05) is 35.9 Å². The lowest BCUT2D eigenvalue weighted by Gasteiger charge is -2.15. The molecule has 0 saturated carbocycles. The van der Waals surface area contributed by atoms with E-state index < -0.39 is 6.10 Å². The molecule has 1 unspecified atom stereocenters. The lowest BCUT2D eigenvalue weighted by Crippen LogP contribution is -2.24. The third kappa shape index (κ3) is 3.18. The van der Waals surface area contributed by atoms with Crippen LogP contribution in [0.2, 0.25) is 0 Å². The SMILES string of the molecule is Cc1ccc(C(=O)C(C)Oc2ccc(C)cc2N)cc1. The van der Waals surface area contributed by atoms with Crippen molar-refractivity contribution in [3.8, 4) is 5.75 Å². The highest BCUT2D eigenvalue weighted by Gasteiger charge is 2.17. The fraction of sp³-hybridized carbons (Fsp3) is 0.235. The molecule has 3 heteroatoms. The number of hydrogen-bond donors (Lipinski definition) is 1. The van der Waals surface area contributed by atoms with Gasteiger partial charge in [-0.2, -0.15) is 0 Å². The number of ether oxygens (including phenoxy) is 1. The van der Waals surface area contributed by atoms with Gasteiger partial charge in [-0.15, -0.1) is 0 Å². The van der Waals surface area contributed by atoms with Gasteiger partial charge < -0.3 is 10.5 Å². The monoisotopic (exact) mass is 269 g/mol. The highest BCUT2D eigenvalue weighted by Crippen LogP contribution is 2.24. The molecule has 2 aromatic carbocycles. The van der Waals surface area contributed by atoms with Crippen LogP contribution in [0.3, 0.4) is 0 Å². The Balaban J connectivity index is 2.13. The summed E-state index contributed by atoms with van der Waals surface area (Å²) in [6, 6.07) is 13.0. The van der Waals surface area contributed by atoms with Crippen LogP contribution in [0, 0.1) is 13.8 Å². The van der Waals surface area contributed by atoms with E-state index in [1.807, 2.05) is 50.2 Å². The highest BCUT2D eigenvalue weighted by atomic mass is 16.5. The summed E-state index contributed by atoms with van der Waals surface area (Å²) in [7, 11) is 0. The van der Waals surface area contributed by atoms with Crippen LogP contribution in [0.4, 0.5) is 5.69 Å². The summed E-state index contributed by atoms with van der Waals surface area (Å²) in [5, 5.41) is 0. The Labute approximate surface area is 119 Å². The largest absolute Gasteiger partial charge is 0.480 e. The molecule has 104 valence electrons. The molecule has 20 heavy (non-hydrogen) atoms. The van der Waals surface area contributed by atoms with Gasteiger partial charge in [0.25, 0.3) is 0 Å². The Bertz CT molecular complexity index is 617. The first-order valence-corrected chi connectivity index (χ1v) is 6.61. The molecule has 0 fully saturated rings. The van der Waals surface area contributed by atoms with Gasteiger partial charge in [-0.25, -0.2) is 0 Å². The van der Waals surface area contributed by atoms with Crippen LogP contribution in [0.25, 0.3) is 0 Å². The number of benzene rings is 2. The van der Waals surface area contributed by atoms with Crippen LogP contribution < -0.4 is 10.5 Å². The van der Waals surface area contributed by atoms with E-state index in [2.05, 4.69) is 0 Å². The maximum Gasteiger partial charge on any atom is 0.202 e. The molecule has 2 aromatic rings. The van der Waals surface area contributed by atoms with E-state index in [0.29, 0.717) is 17.0 Å². The zero-order valence-corrected chi connectivity index (χ0v) is 12.0. The van der Waals surface area contributed by atoms with Crippen molar-refractivity contribution in [1.29, 1.82) is 0 Å². The van der Waals surface area contributed by atoms with Crippen molar-refractivity contribution in [3.63, 3.8) is 0 Å². The van der Waals surface area contributed by atoms with E-state index in [1.54, 1.807) is 13.0 Å². The molecule has 0 bridgehead atoms. The van der Waals surface area contributed by atoms with Crippen LogP contribution in [-0.4, -0.2) is 11.9 Å². The van der Waals surface area contributed by atoms with Gasteiger partial charge in [0.1, 0.15) is 5.75 Å². The van der Waals surface area contributed by atoms with E-state index in [1.165, 1.54) is 0 Å². The number of hydrogen-bond acceptors (Lipinski definition) is 3. The van der Waals surface area contributed by atoms with Crippen molar-refractivity contribution in [1.82, 2.24) is 0 Å². The van der Waals surface area contributed by atoms with E-state index in [-0.39, 0.29) is 5.78 Å². The number of nitrogens with two attached hydrogens (primary N) is 1. The molecule has 0 aliphatic carbocycles. The zero-order valence-electron chi connectivity index (χ0n) is 12.0. The Morgan fingerprint density at radius 2 is 1.65 bits per heavy atom. The standard InChI is InChI=1S/C17H19NO2/c1-11-4-7-14(8-5-11)17(19)13(3)20-16-9-6-12(2)10-15(16)18/h4-10,13H,18H2,1-3H3. The molecule has 0 amide bonds. The molecular formula is C17H19NO2. The second-order valence-corrected chi connectivity index (χ2v) is 5.03. The molecule has 2 N–H and O–H groups in total. The van der Waals surface area contributed by atoms with Crippen molar-refractivity contribution in [2.75, 3.05) is 5.73 Å². The zero-order chi connectivity index (χ0) is 14.7. The Morgan fingerprint density at radius 1 is 1.05 bits per heavy atom. The van der Waals surface area contributed by atoms with Crippen molar-refractivity contribution in [3.05, 3.63) is 59.2 Å². The van der Waals surface area contributed by atoms with Crippen molar-refractivity contribution >= 4 is 11.5 Å². The van der Waals surface area contributed by atoms with Crippen LogP contribution in [0.5, 0.6) is 5.75 Å². The second-order valence-electron chi connectivity index (χ2n) is 5.03. The number of anilines is 1. The molecule has 0 radical (unpaired) electrons. The summed E-state index contributed by atoms with van der Waals surface area (Å²) in [6.45, 7) is 5.68. The Hall–Kier alpha value is -2.29. The minimum atomic E-state index is -0.567. The smallest absolute Gasteiger partial charge is 0.202 e. The van der Waals surface area contributed by atoms with E-state index in [9.17, 15) is 4.79 Å². The number of ketones is 1. The fourth-order valence-corrected chi connectivity index (χ4v) is 1.97. The van der Waals surface area contributed by atoms with Crippen molar-refractivity contribution in [2.24, 2.45) is 0 Å². The third-order valence-electron chi connectivity index (χ3n) is 3.17. The summed E-state index contributed by atoms with van der Waals surface area (Å²) < 4.78 is 5.67. The predicted molar refractivity (Wildman–Crippen MR) is 81.2 cm³/mol. The third-order valence-corrected chi connectivity index (χ3v) is 3.17. The maximum absolute atomic E-state index is 12.3. The first-order chi connectivity index (χ1) is 9.47. The van der Waals surface area contributed by atoms with Crippen molar-refractivity contribution in [2.45, 2.75) is 26.9 Å². The van der Waals surface area contributed by atoms with Gasteiger partial charge in [0, 0.05) is 5.56 Å². The molecule has 0 aromatic heterocycles. The summed E-state index contributed by atoms with van der Waals surface area (Å²) in [6.07, 6.45) is -0.567. The second kappa shape index (κ2) is 5.78. The average molecular weight is 269 g/mol. The molecule has 0 spiro atoms. The maximum atomic E-state index is 12.3. The number of aryl methyl sites for hydroxylation is 2. The number of nitrogen functional groups attached to an aromatic ring is 1. The summed E-state index contributed by atoms with van der Waals surface area (Å²) in [5.74, 6) is 0.494. The lowest BCUT2D eigenvalue weighted by molar-refractivity contribution is 0.0819. The van der Waals surface area contributed by atoms with Gasteiger partial charge in [0.15, 0.2) is 6.10 Å². The molecular weight excluding hydrogens is 250 g/mol. The summed E-state index contributed by atoms with van der Waals surface area (Å²) in [4.78, 5) is 12.3. The van der Waals surface area contributed by atoms with Gasteiger partial charge in [0.2, 0.25) is 5.78 Å². The fourth-order valence-electron chi connectivity index (χ4n) is 1.97. The molecule has 0 heterocycles. The Morgan fingerprint density at radius 3 is 2.25 bits per heavy atom. The normalized spacial score (nSPS) is 11.9. The minimum Gasteiger partial charge on any atom is -0.480 e. The Kier molecular flexibility index (Phi) is 4.08. The quantitative estimate of drug-likeness (QED) is 0.682. The number of carbonyl (C=O) groups excluding carboxylic acids is 1. The lowest BCUT2D eigenvalue weighted by atomic mass is 10.1. The predicted octanol–water partition coefficient (Wildman–Crippen LogP) is 3.54. The number of Topliss-reactive ketones (excluding diaryl/α,β-unsaturated/α-hetero) is 1. The van der Waals surface area contributed by atoms with Gasteiger partial charge in [-0.05, 0) is 38.5 Å². The van der Waals surface area contributed by atoms with Crippen molar-refractivity contribution < 1.29 is 9.53 Å². The molecule has 0 saturated heterocycles. The molecule has 1 atom stereocenters. The topological polar surface area (TPSA) is 52.3 Å². The van der Waals surface area contributed by atoms with Gasteiger partial charge >= 0.3 is 0 Å². The first-order valence-electron chi connectivity index (χ1n) is 6.61. The number of carbonyl (C=O) groups is 1. The summed E-state index contributed by atoms with van der Waals surface area (Å²) in [5.41, 5.74) is 9.27. The van der Waals surface area contributed by atoms with Crippen LogP contribution in [0.1, 0.15) is 28.4 Å². The van der Waals surface area contributed by atoms with Crippen LogP contribution >= 0.6 is 0 Å². The number of rotatable bonds is 4. The van der Waals surface area contributed by atoms with Crippen LogP contribution in [0.15, 0.2) is 42.5 Å². The van der Waals surface area contributed by atoms with E-state index >= 15 is 0 Å². The van der Waals surface area contributed by atoms with E-state index in [0.717, 1.165) is 11.1 Å². The average Bonchev–Trinajstić information content (AvgIpc) is 2.42.